The van der Waals surface area contributed by atoms with Crippen LogP contribution in [0.4, 0.5) is 5.69 Å². The Hall–Kier alpha value is -1.65. The lowest BCUT2D eigenvalue weighted by molar-refractivity contribution is -0.133. The maximum absolute atomic E-state index is 13.3. The van der Waals surface area contributed by atoms with Crippen molar-refractivity contribution >= 4 is 44.2 Å². The van der Waals surface area contributed by atoms with Crippen LogP contribution < -0.4 is 4.31 Å². The van der Waals surface area contributed by atoms with Gasteiger partial charge in [-0.2, -0.15) is 0 Å². The first-order valence-electron chi connectivity index (χ1n) is 9.58. The molecule has 2 aromatic rings. The number of carbonyl (C=O) groups excluding carboxylic acids is 1. The summed E-state index contributed by atoms with van der Waals surface area (Å²) in [5, 5.41) is 10.3. The Labute approximate surface area is 185 Å². The molecule has 2 unspecified atom stereocenters. The second-order valence-corrected chi connectivity index (χ2v) is 10.3. The molecule has 0 bridgehead atoms. The number of aliphatic hydroxyl groups is 1. The van der Waals surface area contributed by atoms with Gasteiger partial charge in [0, 0.05) is 10.6 Å². The summed E-state index contributed by atoms with van der Waals surface area (Å²) in [6.07, 6.45) is 2.69. The summed E-state index contributed by atoms with van der Waals surface area (Å²) in [5.74, 6) is -0.339. The standard InChI is InChI=1S/C21H25IN2O4S/c1-23(19-9-5-6-10-20(19)25)21(26)15-24(17-13-11-16(22)12-14-17)29(27,28)18-7-3-2-4-8-18/h2-4,7-8,11-14,19-20,25H,5-6,9-10,15H2,1H3. The first kappa shape index (κ1) is 22.0. The fraction of sp³-hybridized carbons (Fsp3) is 0.381. The molecule has 1 saturated carbocycles. The fourth-order valence-electron chi connectivity index (χ4n) is 3.60. The lowest BCUT2D eigenvalue weighted by Gasteiger charge is -2.36. The van der Waals surface area contributed by atoms with E-state index in [9.17, 15) is 18.3 Å². The normalized spacial score (nSPS) is 19.6. The SMILES string of the molecule is CN(C(=O)CN(c1ccc(I)cc1)S(=O)(=O)c1ccccc1)C1CCCCC1O. The van der Waals surface area contributed by atoms with Crippen molar-refractivity contribution in [2.24, 2.45) is 0 Å². The van der Waals surface area contributed by atoms with E-state index >= 15 is 0 Å². The van der Waals surface area contributed by atoms with E-state index in [4.69, 9.17) is 0 Å². The van der Waals surface area contributed by atoms with Crippen molar-refractivity contribution in [3.05, 3.63) is 58.2 Å². The Morgan fingerprint density at radius 2 is 1.69 bits per heavy atom. The average molecular weight is 528 g/mol. The lowest BCUT2D eigenvalue weighted by atomic mass is 9.91. The molecule has 0 saturated heterocycles. The van der Waals surface area contributed by atoms with Crippen LogP contribution >= 0.6 is 22.6 Å². The predicted octanol–water partition coefficient (Wildman–Crippen LogP) is 3.25. The average Bonchev–Trinajstić information content (AvgIpc) is 2.73. The number of amides is 1. The van der Waals surface area contributed by atoms with E-state index in [0.717, 1.165) is 27.1 Å². The number of hydrogen-bond acceptors (Lipinski definition) is 4. The number of likely N-dealkylation sites (N-methyl/N-ethyl adjacent to an activating group) is 1. The molecule has 2 atom stereocenters. The first-order valence-corrected chi connectivity index (χ1v) is 12.1. The third kappa shape index (κ3) is 5.10. The zero-order chi connectivity index (χ0) is 21.0. The molecule has 1 N–H and O–H groups in total. The summed E-state index contributed by atoms with van der Waals surface area (Å²) >= 11 is 2.15. The van der Waals surface area contributed by atoms with Gasteiger partial charge in [-0.05, 0) is 71.8 Å². The molecule has 0 aromatic heterocycles. The number of rotatable bonds is 6. The van der Waals surface area contributed by atoms with Crippen LogP contribution in [0.3, 0.4) is 0 Å². The topological polar surface area (TPSA) is 77.9 Å². The van der Waals surface area contributed by atoms with E-state index in [-0.39, 0.29) is 23.4 Å². The highest BCUT2D eigenvalue weighted by Crippen LogP contribution is 2.26. The van der Waals surface area contributed by atoms with Crippen molar-refractivity contribution in [1.29, 1.82) is 0 Å². The molecule has 0 radical (unpaired) electrons. The lowest BCUT2D eigenvalue weighted by Crippen LogP contribution is -2.50. The van der Waals surface area contributed by atoms with Crippen LogP contribution in [0.15, 0.2) is 59.5 Å². The van der Waals surface area contributed by atoms with E-state index in [1.54, 1.807) is 37.4 Å². The molecule has 1 fully saturated rings. The summed E-state index contributed by atoms with van der Waals surface area (Å²) < 4.78 is 28.8. The molecule has 1 amide bonds. The van der Waals surface area contributed by atoms with Crippen molar-refractivity contribution in [2.45, 2.75) is 42.7 Å². The maximum Gasteiger partial charge on any atom is 0.264 e. The highest BCUT2D eigenvalue weighted by molar-refractivity contribution is 14.1. The van der Waals surface area contributed by atoms with Gasteiger partial charge < -0.3 is 10.0 Å². The number of anilines is 1. The molecule has 29 heavy (non-hydrogen) atoms. The molecule has 8 heteroatoms. The van der Waals surface area contributed by atoms with E-state index in [1.807, 2.05) is 12.1 Å². The highest BCUT2D eigenvalue weighted by atomic mass is 127. The fourth-order valence-corrected chi connectivity index (χ4v) is 5.40. The minimum atomic E-state index is -3.92. The van der Waals surface area contributed by atoms with E-state index in [2.05, 4.69) is 22.6 Å². The molecular formula is C21H25IN2O4S. The van der Waals surface area contributed by atoms with Gasteiger partial charge in [0.1, 0.15) is 6.54 Å². The quantitative estimate of drug-likeness (QED) is 0.585. The Morgan fingerprint density at radius 3 is 2.31 bits per heavy atom. The van der Waals surface area contributed by atoms with Gasteiger partial charge in [0.15, 0.2) is 0 Å². The van der Waals surface area contributed by atoms with Crippen LogP contribution in [0, 0.1) is 3.57 Å². The molecule has 6 nitrogen and oxygen atoms in total. The van der Waals surface area contributed by atoms with Crippen molar-refractivity contribution < 1.29 is 18.3 Å². The van der Waals surface area contributed by atoms with Gasteiger partial charge in [0.05, 0.1) is 22.7 Å². The second kappa shape index (κ2) is 9.44. The van der Waals surface area contributed by atoms with Gasteiger partial charge in [0.25, 0.3) is 10.0 Å². The van der Waals surface area contributed by atoms with Gasteiger partial charge in [-0.3, -0.25) is 9.10 Å². The second-order valence-electron chi connectivity index (χ2n) is 7.22. The van der Waals surface area contributed by atoms with E-state index in [0.29, 0.717) is 12.1 Å². The number of carbonyl (C=O) groups is 1. The maximum atomic E-state index is 13.3. The molecule has 0 spiro atoms. The Kier molecular flexibility index (Phi) is 7.18. The van der Waals surface area contributed by atoms with Crippen LogP contribution in [-0.2, 0) is 14.8 Å². The van der Waals surface area contributed by atoms with Gasteiger partial charge in [-0.15, -0.1) is 0 Å². The zero-order valence-electron chi connectivity index (χ0n) is 16.2. The van der Waals surface area contributed by atoms with Crippen molar-refractivity contribution in [1.82, 2.24) is 4.90 Å². The summed E-state index contributed by atoms with van der Waals surface area (Å²) in [4.78, 5) is 14.7. The Bertz CT molecular complexity index is 935. The zero-order valence-corrected chi connectivity index (χ0v) is 19.2. The summed E-state index contributed by atoms with van der Waals surface area (Å²) in [6.45, 7) is -0.322. The number of hydrogen-bond donors (Lipinski definition) is 1. The van der Waals surface area contributed by atoms with Crippen LogP contribution in [0.25, 0.3) is 0 Å². The monoisotopic (exact) mass is 528 g/mol. The number of benzene rings is 2. The number of halogens is 1. The predicted molar refractivity (Wildman–Crippen MR) is 121 cm³/mol. The van der Waals surface area contributed by atoms with E-state index in [1.165, 1.54) is 17.0 Å². The van der Waals surface area contributed by atoms with Gasteiger partial charge >= 0.3 is 0 Å². The Balaban J connectivity index is 1.91. The van der Waals surface area contributed by atoms with Gasteiger partial charge in [-0.25, -0.2) is 8.42 Å². The van der Waals surface area contributed by atoms with Crippen LogP contribution in [0.2, 0.25) is 0 Å². The molecular weight excluding hydrogens is 503 g/mol. The third-order valence-corrected chi connectivity index (χ3v) is 7.82. The van der Waals surface area contributed by atoms with Crippen molar-refractivity contribution in [2.75, 3.05) is 17.9 Å². The van der Waals surface area contributed by atoms with Crippen molar-refractivity contribution in [3.8, 4) is 0 Å². The minimum absolute atomic E-state index is 0.131. The van der Waals surface area contributed by atoms with Gasteiger partial charge in [0.2, 0.25) is 5.91 Å². The van der Waals surface area contributed by atoms with Crippen LogP contribution in [0.1, 0.15) is 25.7 Å². The molecule has 1 aliphatic rings. The summed E-state index contributed by atoms with van der Waals surface area (Å²) in [6, 6.07) is 14.8. The molecule has 0 aliphatic heterocycles. The largest absolute Gasteiger partial charge is 0.391 e. The molecule has 0 heterocycles. The number of nitrogens with zero attached hydrogens (tertiary/aromatic N) is 2. The highest BCUT2D eigenvalue weighted by Gasteiger charge is 2.33. The molecule has 3 rings (SSSR count). The molecule has 1 aliphatic carbocycles. The minimum Gasteiger partial charge on any atom is -0.391 e. The van der Waals surface area contributed by atoms with E-state index < -0.39 is 16.1 Å². The Morgan fingerprint density at radius 1 is 1.07 bits per heavy atom. The van der Waals surface area contributed by atoms with Crippen molar-refractivity contribution in [3.63, 3.8) is 0 Å². The number of sulfonamides is 1. The molecule has 2 aromatic carbocycles. The smallest absolute Gasteiger partial charge is 0.264 e. The first-order chi connectivity index (χ1) is 13.8. The van der Waals surface area contributed by atoms with Crippen LogP contribution in [-0.4, -0.2) is 50.1 Å². The molecule has 156 valence electrons. The summed E-state index contributed by atoms with van der Waals surface area (Å²) in [5.41, 5.74) is 0.431. The summed E-state index contributed by atoms with van der Waals surface area (Å²) in [7, 11) is -2.28. The number of aliphatic hydroxyl groups excluding tert-OH is 1. The van der Waals surface area contributed by atoms with Crippen LogP contribution in [0.5, 0.6) is 0 Å². The third-order valence-electron chi connectivity index (χ3n) is 5.31. The van der Waals surface area contributed by atoms with Gasteiger partial charge in [-0.1, -0.05) is 31.0 Å².